The van der Waals surface area contributed by atoms with Crippen LogP contribution in [0.2, 0.25) is 0 Å². The van der Waals surface area contributed by atoms with E-state index in [4.69, 9.17) is 18.9 Å². The molecule has 0 bridgehead atoms. The summed E-state index contributed by atoms with van der Waals surface area (Å²) in [7, 11) is 1.50. The summed E-state index contributed by atoms with van der Waals surface area (Å²) in [5.41, 5.74) is 1.03. The van der Waals surface area contributed by atoms with Gasteiger partial charge in [-0.15, -0.1) is 0 Å². The minimum atomic E-state index is -0.530. The van der Waals surface area contributed by atoms with Gasteiger partial charge in [0, 0.05) is 21.0 Å². The van der Waals surface area contributed by atoms with E-state index in [1.165, 1.54) is 21.0 Å². The van der Waals surface area contributed by atoms with Gasteiger partial charge in [0.25, 0.3) is 0 Å². The minimum Gasteiger partial charge on any atom is -0.464 e. The predicted octanol–water partition coefficient (Wildman–Crippen LogP) is 1.26. The fourth-order valence-corrected chi connectivity index (χ4v) is 2.01. The van der Waals surface area contributed by atoms with Crippen molar-refractivity contribution in [1.29, 1.82) is 0 Å². The van der Waals surface area contributed by atoms with Gasteiger partial charge < -0.3 is 24.3 Å². The third-order valence-electron chi connectivity index (χ3n) is 3.10. The van der Waals surface area contributed by atoms with E-state index in [2.05, 4.69) is 5.32 Å². The molecule has 0 aliphatic rings. The molecular formula is C17H25NO6. The summed E-state index contributed by atoms with van der Waals surface area (Å²) in [4.78, 5) is 22.4. The Morgan fingerprint density at radius 2 is 1.83 bits per heavy atom. The van der Waals surface area contributed by atoms with Crippen molar-refractivity contribution in [2.45, 2.75) is 32.6 Å². The zero-order chi connectivity index (χ0) is 17.8. The molecule has 1 aromatic rings. The number of esters is 1. The molecule has 7 nitrogen and oxygen atoms in total. The number of ether oxygens (including phenoxy) is 4. The van der Waals surface area contributed by atoms with Crippen molar-refractivity contribution in [3.8, 4) is 0 Å². The molecule has 0 radical (unpaired) electrons. The van der Waals surface area contributed by atoms with Gasteiger partial charge in [-0.3, -0.25) is 9.59 Å². The zero-order valence-corrected chi connectivity index (χ0v) is 14.3. The number of methoxy groups -OCH3 is 1. The lowest BCUT2D eigenvalue weighted by molar-refractivity contribution is -0.148. The van der Waals surface area contributed by atoms with Gasteiger partial charge in [-0.1, -0.05) is 30.3 Å². The summed E-state index contributed by atoms with van der Waals surface area (Å²) in [6.07, 6.45) is -0.517. The molecule has 24 heavy (non-hydrogen) atoms. The van der Waals surface area contributed by atoms with Crippen molar-refractivity contribution in [2.24, 2.45) is 0 Å². The maximum absolute atomic E-state index is 11.4. The molecule has 0 saturated carbocycles. The third-order valence-corrected chi connectivity index (χ3v) is 3.10. The molecule has 0 fully saturated rings. The van der Waals surface area contributed by atoms with E-state index >= 15 is 0 Å². The SMILES string of the molecule is COCO[C@@H](COCc1ccccc1)[C@@H](COC(C)=O)NC(C)=O. The Morgan fingerprint density at radius 1 is 1.12 bits per heavy atom. The van der Waals surface area contributed by atoms with Gasteiger partial charge in [-0.25, -0.2) is 0 Å². The molecule has 0 aromatic heterocycles. The van der Waals surface area contributed by atoms with Gasteiger partial charge in [0.15, 0.2) is 0 Å². The summed E-state index contributed by atoms with van der Waals surface area (Å²) in [5, 5.41) is 2.72. The van der Waals surface area contributed by atoms with E-state index in [0.29, 0.717) is 6.61 Å². The van der Waals surface area contributed by atoms with Crippen LogP contribution in [0.4, 0.5) is 0 Å². The summed E-state index contributed by atoms with van der Waals surface area (Å²) in [6, 6.07) is 9.17. The van der Waals surface area contributed by atoms with Gasteiger partial charge in [0.1, 0.15) is 19.5 Å². The van der Waals surface area contributed by atoms with Crippen molar-refractivity contribution in [3.63, 3.8) is 0 Å². The smallest absolute Gasteiger partial charge is 0.302 e. The van der Waals surface area contributed by atoms with Gasteiger partial charge in [0.05, 0.1) is 19.3 Å². The Hall–Kier alpha value is -1.96. The number of hydrogen-bond acceptors (Lipinski definition) is 6. The first-order valence-corrected chi connectivity index (χ1v) is 7.65. The number of benzene rings is 1. The van der Waals surface area contributed by atoms with E-state index < -0.39 is 18.1 Å². The van der Waals surface area contributed by atoms with E-state index in [-0.39, 0.29) is 25.9 Å². The van der Waals surface area contributed by atoms with Crippen molar-refractivity contribution < 1.29 is 28.5 Å². The summed E-state index contributed by atoms with van der Waals surface area (Å²) < 4.78 is 21.2. The number of carbonyl (C=O) groups is 2. The van der Waals surface area contributed by atoms with Crippen LogP contribution in [0.15, 0.2) is 30.3 Å². The van der Waals surface area contributed by atoms with Crippen molar-refractivity contribution in [1.82, 2.24) is 5.32 Å². The van der Waals surface area contributed by atoms with Crippen LogP contribution in [0.5, 0.6) is 0 Å². The lowest BCUT2D eigenvalue weighted by atomic mass is 10.1. The second-order valence-corrected chi connectivity index (χ2v) is 5.22. The van der Waals surface area contributed by atoms with Crippen LogP contribution < -0.4 is 5.32 Å². The first-order valence-electron chi connectivity index (χ1n) is 7.65. The van der Waals surface area contributed by atoms with Crippen molar-refractivity contribution in [3.05, 3.63) is 35.9 Å². The molecule has 1 amide bonds. The fraction of sp³-hybridized carbons (Fsp3) is 0.529. The Kier molecular flexibility index (Phi) is 9.67. The predicted molar refractivity (Wildman–Crippen MR) is 87.1 cm³/mol. The Balaban J connectivity index is 2.62. The van der Waals surface area contributed by atoms with Crippen LogP contribution in [-0.4, -0.2) is 51.1 Å². The van der Waals surface area contributed by atoms with E-state index in [9.17, 15) is 9.59 Å². The van der Waals surface area contributed by atoms with E-state index in [1.54, 1.807) is 0 Å². The van der Waals surface area contributed by atoms with Crippen molar-refractivity contribution in [2.75, 3.05) is 27.1 Å². The Morgan fingerprint density at radius 3 is 2.42 bits per heavy atom. The molecule has 7 heteroatoms. The molecule has 0 unspecified atom stereocenters. The molecule has 1 aromatic carbocycles. The molecule has 0 saturated heterocycles. The zero-order valence-electron chi connectivity index (χ0n) is 14.3. The molecule has 1 N–H and O–H groups in total. The van der Waals surface area contributed by atoms with Crippen LogP contribution in [0.25, 0.3) is 0 Å². The largest absolute Gasteiger partial charge is 0.464 e. The van der Waals surface area contributed by atoms with Crippen LogP contribution in [0, 0.1) is 0 Å². The lowest BCUT2D eigenvalue weighted by Gasteiger charge is -2.27. The minimum absolute atomic E-state index is 0.00199. The van der Waals surface area contributed by atoms with Gasteiger partial charge >= 0.3 is 5.97 Å². The standard InChI is InChI=1S/C17H25NO6/c1-13(19)18-16(10-23-14(2)20)17(24-12-21-3)11-22-9-15-7-5-4-6-8-15/h4-8,16-17H,9-12H2,1-3H3,(H,18,19)/t16-,17+/m1/s1. The molecule has 0 aliphatic carbocycles. The average molecular weight is 339 g/mol. The monoisotopic (exact) mass is 339 g/mol. The second kappa shape index (κ2) is 11.6. The molecule has 134 valence electrons. The highest BCUT2D eigenvalue weighted by molar-refractivity contribution is 5.73. The summed E-state index contributed by atoms with van der Waals surface area (Å²) in [6.45, 7) is 3.35. The van der Waals surface area contributed by atoms with Gasteiger partial charge in [0.2, 0.25) is 5.91 Å². The highest BCUT2D eigenvalue weighted by Gasteiger charge is 2.25. The van der Waals surface area contributed by atoms with Crippen molar-refractivity contribution >= 4 is 11.9 Å². The maximum atomic E-state index is 11.4. The Bertz CT molecular complexity index is 493. The van der Waals surface area contributed by atoms with Crippen LogP contribution >= 0.6 is 0 Å². The molecule has 2 atom stereocenters. The highest BCUT2D eigenvalue weighted by atomic mass is 16.7. The van der Waals surface area contributed by atoms with Crippen LogP contribution in [-0.2, 0) is 35.1 Å². The summed E-state index contributed by atoms with van der Waals surface area (Å²) in [5.74, 6) is -0.678. The number of rotatable bonds is 11. The first kappa shape index (κ1) is 20.1. The van der Waals surface area contributed by atoms with E-state index in [1.807, 2.05) is 30.3 Å². The number of amides is 1. The Labute approximate surface area is 142 Å². The quantitative estimate of drug-likeness (QED) is 0.483. The normalized spacial score (nSPS) is 13.1. The van der Waals surface area contributed by atoms with Gasteiger partial charge in [-0.2, -0.15) is 0 Å². The third kappa shape index (κ3) is 8.61. The van der Waals surface area contributed by atoms with Gasteiger partial charge in [-0.05, 0) is 5.56 Å². The molecule has 1 rings (SSSR count). The van der Waals surface area contributed by atoms with Crippen LogP contribution in [0.1, 0.15) is 19.4 Å². The molecular weight excluding hydrogens is 314 g/mol. The topological polar surface area (TPSA) is 83.1 Å². The number of hydrogen-bond donors (Lipinski definition) is 1. The number of nitrogens with one attached hydrogen (secondary N) is 1. The lowest BCUT2D eigenvalue weighted by Crippen LogP contribution is -2.49. The second-order valence-electron chi connectivity index (χ2n) is 5.22. The molecule has 0 spiro atoms. The summed E-state index contributed by atoms with van der Waals surface area (Å²) >= 11 is 0. The molecule has 0 aliphatic heterocycles. The van der Waals surface area contributed by atoms with Crippen LogP contribution in [0.3, 0.4) is 0 Å². The highest BCUT2D eigenvalue weighted by Crippen LogP contribution is 2.07. The maximum Gasteiger partial charge on any atom is 0.302 e. The van der Waals surface area contributed by atoms with E-state index in [0.717, 1.165) is 5.56 Å². The average Bonchev–Trinajstić information content (AvgIpc) is 2.55. The number of carbonyl (C=O) groups excluding carboxylic acids is 2. The fourth-order valence-electron chi connectivity index (χ4n) is 2.01. The molecule has 0 heterocycles. The first-order chi connectivity index (χ1) is 11.5.